The normalized spacial score (nSPS) is 12.0. The Labute approximate surface area is 228 Å². The number of fused-ring (bicyclic) bond motifs is 12. The molecule has 0 saturated heterocycles. The van der Waals surface area contributed by atoms with Gasteiger partial charge in [-0.25, -0.2) is 9.97 Å². The predicted molar refractivity (Wildman–Crippen MR) is 163 cm³/mol. The molecule has 5 nitrogen and oxygen atoms in total. The highest BCUT2D eigenvalue weighted by molar-refractivity contribution is 6.29. The fourth-order valence-electron chi connectivity index (χ4n) is 6.34. The van der Waals surface area contributed by atoms with Crippen molar-refractivity contribution in [2.45, 2.75) is 0 Å². The third-order valence-electron chi connectivity index (χ3n) is 7.99. The Balaban J connectivity index is 1.48. The molecule has 5 heterocycles. The Bertz CT molecular complexity index is 2430. The van der Waals surface area contributed by atoms with Gasteiger partial charge in [0.05, 0.1) is 33.3 Å². The highest BCUT2D eigenvalue weighted by Gasteiger charge is 2.20. The monoisotopic (exact) mass is 511 g/mol. The van der Waals surface area contributed by atoms with Crippen molar-refractivity contribution in [1.29, 1.82) is 0 Å². The van der Waals surface area contributed by atoms with Crippen LogP contribution in [0, 0.1) is 0 Å². The van der Waals surface area contributed by atoms with Crippen LogP contribution in [0.15, 0.2) is 128 Å². The second-order valence-corrected chi connectivity index (χ2v) is 10.1. The SMILES string of the molecule is c1ccc(-c2ccnc(-n3c4ccccc4c4c5c6ccccc6c6nc7ccccc7n6c5ccc43)c2)nc1. The second-order valence-electron chi connectivity index (χ2n) is 10.1. The van der Waals surface area contributed by atoms with Gasteiger partial charge in [0.2, 0.25) is 0 Å². The van der Waals surface area contributed by atoms with Crippen LogP contribution in [-0.2, 0) is 0 Å². The maximum absolute atomic E-state index is 5.07. The Morgan fingerprint density at radius 1 is 0.500 bits per heavy atom. The summed E-state index contributed by atoms with van der Waals surface area (Å²) in [4.78, 5) is 14.5. The number of hydrogen-bond donors (Lipinski definition) is 0. The molecule has 5 aromatic heterocycles. The van der Waals surface area contributed by atoms with Gasteiger partial charge < -0.3 is 0 Å². The lowest BCUT2D eigenvalue weighted by Crippen LogP contribution is -1.98. The van der Waals surface area contributed by atoms with Gasteiger partial charge >= 0.3 is 0 Å². The van der Waals surface area contributed by atoms with Crippen LogP contribution in [0.4, 0.5) is 0 Å². The molecule has 0 aliphatic carbocycles. The fraction of sp³-hybridized carbons (Fsp3) is 0. The maximum Gasteiger partial charge on any atom is 0.146 e. The van der Waals surface area contributed by atoms with Crippen molar-refractivity contribution in [3.8, 4) is 17.1 Å². The molecular weight excluding hydrogens is 490 g/mol. The number of hydrogen-bond acceptors (Lipinski definition) is 3. The summed E-state index contributed by atoms with van der Waals surface area (Å²) < 4.78 is 4.60. The van der Waals surface area contributed by atoms with Gasteiger partial charge in [0.1, 0.15) is 11.5 Å². The maximum atomic E-state index is 5.07. The van der Waals surface area contributed by atoms with E-state index in [9.17, 15) is 0 Å². The van der Waals surface area contributed by atoms with Crippen LogP contribution in [0.2, 0.25) is 0 Å². The number of benzene rings is 4. The molecule has 0 bridgehead atoms. The molecule has 186 valence electrons. The summed E-state index contributed by atoms with van der Waals surface area (Å²) in [6.07, 6.45) is 3.70. The van der Waals surface area contributed by atoms with Gasteiger partial charge in [0, 0.05) is 39.5 Å². The number of aromatic nitrogens is 5. The summed E-state index contributed by atoms with van der Waals surface area (Å²) in [5, 5.41) is 5.98. The Hall–Kier alpha value is -5.55. The van der Waals surface area contributed by atoms with Crippen molar-refractivity contribution in [3.63, 3.8) is 0 Å². The van der Waals surface area contributed by atoms with E-state index in [0.717, 1.165) is 55.7 Å². The van der Waals surface area contributed by atoms with E-state index < -0.39 is 0 Å². The number of rotatable bonds is 2. The second kappa shape index (κ2) is 7.98. The van der Waals surface area contributed by atoms with Crippen LogP contribution in [-0.4, -0.2) is 23.9 Å². The van der Waals surface area contributed by atoms with E-state index in [-0.39, 0.29) is 0 Å². The summed E-state index contributed by atoms with van der Waals surface area (Å²) in [7, 11) is 0. The summed E-state index contributed by atoms with van der Waals surface area (Å²) in [6, 6.07) is 40.3. The lowest BCUT2D eigenvalue weighted by atomic mass is 10.0. The van der Waals surface area contributed by atoms with Crippen molar-refractivity contribution in [2.75, 3.05) is 0 Å². The van der Waals surface area contributed by atoms with Crippen LogP contribution in [0.5, 0.6) is 0 Å². The number of nitrogens with zero attached hydrogens (tertiary/aromatic N) is 5. The molecule has 0 radical (unpaired) electrons. The largest absolute Gasteiger partial charge is 0.294 e. The molecular formula is C35H21N5. The van der Waals surface area contributed by atoms with E-state index in [1.807, 2.05) is 36.7 Å². The smallest absolute Gasteiger partial charge is 0.146 e. The van der Waals surface area contributed by atoms with Gasteiger partial charge in [-0.05, 0) is 60.0 Å². The summed E-state index contributed by atoms with van der Waals surface area (Å²) in [5.41, 5.74) is 8.44. The lowest BCUT2D eigenvalue weighted by molar-refractivity contribution is 1.08. The third-order valence-corrected chi connectivity index (χ3v) is 7.99. The van der Waals surface area contributed by atoms with Crippen molar-refractivity contribution in [2.24, 2.45) is 0 Å². The van der Waals surface area contributed by atoms with Gasteiger partial charge in [-0.2, -0.15) is 0 Å². The minimum atomic E-state index is 0.868. The van der Waals surface area contributed by atoms with Crippen LogP contribution >= 0.6 is 0 Å². The number of para-hydroxylation sites is 3. The average molecular weight is 512 g/mol. The molecule has 0 aliphatic heterocycles. The average Bonchev–Trinajstić information content (AvgIpc) is 3.58. The van der Waals surface area contributed by atoms with Crippen LogP contribution in [0.25, 0.3) is 77.2 Å². The minimum absolute atomic E-state index is 0.868. The zero-order valence-electron chi connectivity index (χ0n) is 21.4. The Morgan fingerprint density at radius 2 is 1.23 bits per heavy atom. The molecule has 9 aromatic rings. The van der Waals surface area contributed by atoms with Crippen LogP contribution in [0.3, 0.4) is 0 Å². The fourth-order valence-corrected chi connectivity index (χ4v) is 6.34. The van der Waals surface area contributed by atoms with Crippen molar-refractivity contribution >= 4 is 60.2 Å². The van der Waals surface area contributed by atoms with Gasteiger partial charge in [-0.15, -0.1) is 0 Å². The van der Waals surface area contributed by atoms with Crippen LogP contribution in [0.1, 0.15) is 0 Å². The van der Waals surface area contributed by atoms with E-state index in [1.165, 1.54) is 21.5 Å². The highest BCUT2D eigenvalue weighted by atomic mass is 15.1. The lowest BCUT2D eigenvalue weighted by Gasteiger charge is -2.12. The molecule has 0 unspecified atom stereocenters. The molecule has 4 aromatic carbocycles. The first-order valence-corrected chi connectivity index (χ1v) is 13.4. The molecule has 0 atom stereocenters. The van der Waals surface area contributed by atoms with E-state index in [2.05, 4.69) is 105 Å². The molecule has 5 heteroatoms. The molecule has 0 amide bonds. The molecule has 0 spiro atoms. The van der Waals surface area contributed by atoms with Crippen molar-refractivity contribution < 1.29 is 0 Å². The Kier molecular flexibility index (Phi) is 4.27. The standard InChI is InChI=1S/C35H21N5/c1-2-10-24-23(9-1)33-31(40-29-15-6-4-13-27(29)38-35(24)40)17-16-30-34(33)25-11-3-5-14-28(25)39(30)32-21-22(18-20-37-32)26-12-7-8-19-36-26/h1-21H. The van der Waals surface area contributed by atoms with Crippen LogP contribution < -0.4 is 0 Å². The molecule has 9 rings (SSSR count). The van der Waals surface area contributed by atoms with E-state index in [0.29, 0.717) is 0 Å². The van der Waals surface area contributed by atoms with Gasteiger partial charge in [-0.3, -0.25) is 14.0 Å². The van der Waals surface area contributed by atoms with Crippen molar-refractivity contribution in [3.05, 3.63) is 128 Å². The van der Waals surface area contributed by atoms with E-state index in [1.54, 1.807) is 0 Å². The third kappa shape index (κ3) is 2.83. The number of pyridine rings is 3. The summed E-state index contributed by atoms with van der Waals surface area (Å²) in [5.74, 6) is 0.868. The zero-order valence-corrected chi connectivity index (χ0v) is 21.4. The molecule has 0 fully saturated rings. The summed E-state index contributed by atoms with van der Waals surface area (Å²) >= 11 is 0. The zero-order chi connectivity index (χ0) is 26.2. The van der Waals surface area contributed by atoms with E-state index in [4.69, 9.17) is 9.97 Å². The molecule has 40 heavy (non-hydrogen) atoms. The first-order valence-electron chi connectivity index (χ1n) is 13.4. The van der Waals surface area contributed by atoms with Gasteiger partial charge in [0.25, 0.3) is 0 Å². The topological polar surface area (TPSA) is 48.0 Å². The van der Waals surface area contributed by atoms with E-state index >= 15 is 0 Å². The molecule has 0 N–H and O–H groups in total. The van der Waals surface area contributed by atoms with Gasteiger partial charge in [-0.1, -0.05) is 60.7 Å². The predicted octanol–water partition coefficient (Wildman–Crippen LogP) is 8.35. The Morgan fingerprint density at radius 3 is 2.10 bits per heavy atom. The highest BCUT2D eigenvalue weighted by Crippen LogP contribution is 2.41. The first kappa shape index (κ1) is 21.4. The molecule has 0 saturated carbocycles. The molecule has 0 aliphatic rings. The minimum Gasteiger partial charge on any atom is -0.294 e. The number of imidazole rings is 1. The quantitative estimate of drug-likeness (QED) is 0.219. The summed E-state index contributed by atoms with van der Waals surface area (Å²) in [6.45, 7) is 0. The van der Waals surface area contributed by atoms with Gasteiger partial charge in [0.15, 0.2) is 0 Å². The first-order chi connectivity index (χ1) is 19.9. The van der Waals surface area contributed by atoms with Crippen molar-refractivity contribution in [1.82, 2.24) is 23.9 Å².